The van der Waals surface area contributed by atoms with Gasteiger partial charge in [-0.05, 0) is 23.8 Å². The van der Waals surface area contributed by atoms with Crippen molar-refractivity contribution in [3.05, 3.63) is 28.8 Å². The van der Waals surface area contributed by atoms with Crippen molar-refractivity contribution in [1.82, 2.24) is 0 Å². The summed E-state index contributed by atoms with van der Waals surface area (Å²) in [5.74, 6) is 2.70. The minimum atomic E-state index is 0.711. The quantitative estimate of drug-likeness (QED) is 0.792. The van der Waals surface area contributed by atoms with Crippen LogP contribution in [0.5, 0.6) is 5.75 Å². The summed E-state index contributed by atoms with van der Waals surface area (Å²) >= 11 is 7.72. The van der Waals surface area contributed by atoms with Gasteiger partial charge in [0.25, 0.3) is 0 Å². The highest BCUT2D eigenvalue weighted by Gasteiger charge is 1.99. The molecule has 4 heteroatoms. The molecule has 0 spiro atoms. The van der Waals surface area contributed by atoms with Gasteiger partial charge in [0.05, 0.1) is 7.11 Å². The lowest BCUT2D eigenvalue weighted by Crippen LogP contribution is -2.01. The zero-order valence-corrected chi connectivity index (χ0v) is 9.70. The smallest absolute Gasteiger partial charge is 0.120 e. The van der Waals surface area contributed by atoms with Gasteiger partial charge in [0.1, 0.15) is 5.75 Å². The molecule has 14 heavy (non-hydrogen) atoms. The predicted octanol–water partition coefficient (Wildman–Crippen LogP) is 2.54. The molecule has 0 saturated heterocycles. The minimum Gasteiger partial charge on any atom is -0.497 e. The van der Waals surface area contributed by atoms with E-state index in [1.165, 1.54) is 5.56 Å². The largest absolute Gasteiger partial charge is 0.497 e. The number of ether oxygens (including phenoxy) is 1. The standard InChI is InChI=1S/C10H14ClNOS/c1-13-10-5-8(4-9(11)6-10)7-14-3-2-12/h4-6H,2-3,7,12H2,1H3. The molecule has 1 aromatic rings. The fraction of sp³-hybridized carbons (Fsp3) is 0.400. The van der Waals surface area contributed by atoms with E-state index in [-0.39, 0.29) is 0 Å². The number of hydrogen-bond donors (Lipinski definition) is 1. The Bertz CT molecular complexity index is 293. The summed E-state index contributed by atoms with van der Waals surface area (Å²) in [5, 5.41) is 0.715. The third-order valence-electron chi connectivity index (χ3n) is 1.70. The van der Waals surface area contributed by atoms with Crippen molar-refractivity contribution >= 4 is 23.4 Å². The van der Waals surface area contributed by atoms with Crippen molar-refractivity contribution in [3.63, 3.8) is 0 Å². The maximum atomic E-state index is 5.93. The Labute approximate surface area is 93.8 Å². The summed E-state index contributed by atoms with van der Waals surface area (Å²) < 4.78 is 5.12. The lowest BCUT2D eigenvalue weighted by Gasteiger charge is -2.05. The van der Waals surface area contributed by atoms with Crippen molar-refractivity contribution in [2.24, 2.45) is 5.73 Å². The van der Waals surface area contributed by atoms with E-state index in [0.717, 1.165) is 17.3 Å². The van der Waals surface area contributed by atoms with E-state index >= 15 is 0 Å². The summed E-state index contributed by atoms with van der Waals surface area (Å²) in [5.41, 5.74) is 6.58. The first kappa shape index (κ1) is 11.7. The Morgan fingerprint density at radius 2 is 2.21 bits per heavy atom. The molecule has 0 atom stereocenters. The SMILES string of the molecule is COc1cc(Cl)cc(CSCCN)c1. The minimum absolute atomic E-state index is 0.711. The first-order valence-corrected chi connectivity index (χ1v) is 5.91. The summed E-state index contributed by atoms with van der Waals surface area (Å²) in [6.07, 6.45) is 0. The van der Waals surface area contributed by atoms with Gasteiger partial charge in [-0.25, -0.2) is 0 Å². The zero-order chi connectivity index (χ0) is 10.4. The second-order valence-electron chi connectivity index (χ2n) is 2.84. The van der Waals surface area contributed by atoms with Crippen LogP contribution in [0.2, 0.25) is 5.02 Å². The molecule has 0 radical (unpaired) electrons. The Morgan fingerprint density at radius 1 is 1.43 bits per heavy atom. The zero-order valence-electron chi connectivity index (χ0n) is 8.13. The number of benzene rings is 1. The van der Waals surface area contributed by atoms with Crippen molar-refractivity contribution in [2.75, 3.05) is 19.4 Å². The summed E-state index contributed by atoms with van der Waals surface area (Å²) in [6, 6.07) is 5.75. The average Bonchev–Trinajstić information content (AvgIpc) is 2.17. The summed E-state index contributed by atoms with van der Waals surface area (Å²) in [7, 11) is 1.64. The van der Waals surface area contributed by atoms with E-state index < -0.39 is 0 Å². The summed E-state index contributed by atoms with van der Waals surface area (Å²) in [4.78, 5) is 0. The molecule has 1 aromatic carbocycles. The first-order chi connectivity index (χ1) is 6.76. The number of hydrogen-bond acceptors (Lipinski definition) is 3. The van der Waals surface area contributed by atoms with Gasteiger partial charge in [-0.15, -0.1) is 0 Å². The van der Waals surface area contributed by atoms with Gasteiger partial charge in [0, 0.05) is 23.1 Å². The lowest BCUT2D eigenvalue weighted by atomic mass is 10.2. The molecule has 0 aliphatic heterocycles. The molecule has 0 saturated carbocycles. The van der Waals surface area contributed by atoms with E-state index in [9.17, 15) is 0 Å². The Balaban J connectivity index is 2.62. The topological polar surface area (TPSA) is 35.2 Å². The van der Waals surface area contributed by atoms with Gasteiger partial charge < -0.3 is 10.5 Å². The predicted molar refractivity (Wildman–Crippen MR) is 63.2 cm³/mol. The number of methoxy groups -OCH3 is 1. The highest BCUT2D eigenvalue weighted by molar-refractivity contribution is 7.98. The van der Waals surface area contributed by atoms with Gasteiger partial charge in [-0.1, -0.05) is 11.6 Å². The van der Waals surface area contributed by atoms with Crippen molar-refractivity contribution in [1.29, 1.82) is 0 Å². The van der Waals surface area contributed by atoms with E-state index in [1.54, 1.807) is 24.9 Å². The molecule has 2 nitrogen and oxygen atoms in total. The molecule has 0 aliphatic rings. The third kappa shape index (κ3) is 3.78. The van der Waals surface area contributed by atoms with E-state index in [1.807, 2.05) is 12.1 Å². The number of halogens is 1. The molecule has 0 aliphatic carbocycles. The van der Waals surface area contributed by atoms with Crippen LogP contribution in [0, 0.1) is 0 Å². The number of rotatable bonds is 5. The molecule has 1 rings (SSSR count). The first-order valence-electron chi connectivity index (χ1n) is 4.37. The Hall–Kier alpha value is -0.380. The Kier molecular flexibility index (Phi) is 5.15. The monoisotopic (exact) mass is 231 g/mol. The fourth-order valence-corrected chi connectivity index (χ4v) is 2.06. The molecule has 0 heterocycles. The van der Waals surface area contributed by atoms with E-state index in [4.69, 9.17) is 22.1 Å². The van der Waals surface area contributed by atoms with E-state index in [0.29, 0.717) is 11.6 Å². The van der Waals surface area contributed by atoms with Crippen LogP contribution in [0.3, 0.4) is 0 Å². The maximum absolute atomic E-state index is 5.93. The molecule has 2 N–H and O–H groups in total. The highest BCUT2D eigenvalue weighted by atomic mass is 35.5. The van der Waals surface area contributed by atoms with Crippen LogP contribution in [0.4, 0.5) is 0 Å². The summed E-state index contributed by atoms with van der Waals surface area (Å²) in [6.45, 7) is 0.711. The maximum Gasteiger partial charge on any atom is 0.120 e. The number of nitrogens with two attached hydrogens (primary N) is 1. The molecule has 0 fully saturated rings. The van der Waals surface area contributed by atoms with Gasteiger partial charge >= 0.3 is 0 Å². The molecule has 0 unspecified atom stereocenters. The molecule has 0 aromatic heterocycles. The van der Waals surface area contributed by atoms with Gasteiger partial charge in [0.2, 0.25) is 0 Å². The molecule has 78 valence electrons. The molecular weight excluding hydrogens is 218 g/mol. The van der Waals surface area contributed by atoms with Gasteiger partial charge in [0.15, 0.2) is 0 Å². The van der Waals surface area contributed by atoms with Crippen LogP contribution in [-0.4, -0.2) is 19.4 Å². The van der Waals surface area contributed by atoms with Crippen molar-refractivity contribution in [3.8, 4) is 5.75 Å². The lowest BCUT2D eigenvalue weighted by molar-refractivity contribution is 0.414. The number of thioether (sulfide) groups is 1. The highest BCUT2D eigenvalue weighted by Crippen LogP contribution is 2.23. The Morgan fingerprint density at radius 3 is 2.86 bits per heavy atom. The molecule has 0 bridgehead atoms. The van der Waals surface area contributed by atoms with Crippen molar-refractivity contribution < 1.29 is 4.74 Å². The second kappa shape index (κ2) is 6.17. The third-order valence-corrected chi connectivity index (χ3v) is 2.98. The van der Waals surface area contributed by atoms with Gasteiger partial charge in [-0.2, -0.15) is 11.8 Å². The fourth-order valence-electron chi connectivity index (χ4n) is 1.10. The second-order valence-corrected chi connectivity index (χ2v) is 4.38. The molecule has 0 amide bonds. The van der Waals surface area contributed by atoms with Crippen LogP contribution < -0.4 is 10.5 Å². The van der Waals surface area contributed by atoms with E-state index in [2.05, 4.69) is 0 Å². The van der Waals surface area contributed by atoms with Crippen LogP contribution in [-0.2, 0) is 5.75 Å². The van der Waals surface area contributed by atoms with Crippen LogP contribution in [0.15, 0.2) is 18.2 Å². The van der Waals surface area contributed by atoms with Gasteiger partial charge in [-0.3, -0.25) is 0 Å². The van der Waals surface area contributed by atoms with Crippen LogP contribution >= 0.6 is 23.4 Å². The van der Waals surface area contributed by atoms with Crippen molar-refractivity contribution in [2.45, 2.75) is 5.75 Å². The van der Waals surface area contributed by atoms with Crippen LogP contribution in [0.25, 0.3) is 0 Å². The average molecular weight is 232 g/mol. The molecular formula is C10H14ClNOS. The normalized spacial score (nSPS) is 10.2. The van der Waals surface area contributed by atoms with Crippen LogP contribution in [0.1, 0.15) is 5.56 Å².